The van der Waals surface area contributed by atoms with E-state index >= 15 is 0 Å². The van der Waals surface area contributed by atoms with Gasteiger partial charge < -0.3 is 14.6 Å². The van der Waals surface area contributed by atoms with Gasteiger partial charge in [0.2, 0.25) is 0 Å². The Morgan fingerprint density at radius 1 is 1.07 bits per heavy atom. The number of phenols is 1. The van der Waals surface area contributed by atoms with Crippen molar-refractivity contribution >= 4 is 11.9 Å². The van der Waals surface area contributed by atoms with E-state index in [0.717, 1.165) is 55.2 Å². The molecule has 1 aromatic carbocycles. The summed E-state index contributed by atoms with van der Waals surface area (Å²) in [4.78, 5) is 25.1. The molecule has 0 radical (unpaired) electrons. The first-order valence-corrected chi connectivity index (χ1v) is 9.97. The number of hydrogen-bond donors (Lipinski definition) is 1. The molecule has 0 atom stereocenters. The number of aromatic hydroxyl groups is 1. The van der Waals surface area contributed by atoms with Crippen molar-refractivity contribution in [1.29, 1.82) is 0 Å². The van der Waals surface area contributed by atoms with Gasteiger partial charge in [-0.05, 0) is 36.5 Å². The normalized spacial score (nSPS) is 14.0. The third-order valence-corrected chi connectivity index (χ3v) is 5.39. The van der Waals surface area contributed by atoms with Gasteiger partial charge in [-0.2, -0.15) is 0 Å². The SMILES string of the molecule is CCCCC#Cc1c(CCCC)cc(O)c2c1CC(C(=O)OC)(C(=O)OC)C2. The maximum absolute atomic E-state index is 12.5. The first kappa shape index (κ1) is 21.8. The first-order chi connectivity index (χ1) is 13.4. The predicted molar refractivity (Wildman–Crippen MR) is 107 cm³/mol. The molecule has 0 heterocycles. The highest BCUT2D eigenvalue weighted by Crippen LogP contribution is 2.45. The molecular weight excluding hydrogens is 356 g/mol. The standard InChI is InChI=1S/C23H30O5/c1-5-7-9-10-12-17-16(11-8-6-2)13-20(24)19-15-23(14-18(17)19,21(25)27-3)22(26)28-4/h13,24H,5-9,11,14-15H2,1-4H3. The number of unbranched alkanes of at least 4 members (excludes halogenated alkanes) is 3. The molecule has 1 N–H and O–H groups in total. The Morgan fingerprint density at radius 3 is 2.25 bits per heavy atom. The zero-order valence-corrected chi connectivity index (χ0v) is 17.3. The first-order valence-electron chi connectivity index (χ1n) is 9.97. The molecule has 0 aliphatic heterocycles. The third-order valence-electron chi connectivity index (χ3n) is 5.39. The van der Waals surface area contributed by atoms with E-state index < -0.39 is 17.4 Å². The highest BCUT2D eigenvalue weighted by atomic mass is 16.5. The van der Waals surface area contributed by atoms with Crippen LogP contribution in [0.25, 0.3) is 0 Å². The number of hydrogen-bond acceptors (Lipinski definition) is 5. The second-order valence-electron chi connectivity index (χ2n) is 7.31. The average molecular weight is 386 g/mol. The van der Waals surface area contributed by atoms with Gasteiger partial charge in [0, 0.05) is 30.4 Å². The number of aryl methyl sites for hydroxylation is 1. The molecule has 0 spiro atoms. The summed E-state index contributed by atoms with van der Waals surface area (Å²) in [5.74, 6) is 5.31. The van der Waals surface area contributed by atoms with Crippen molar-refractivity contribution in [3.8, 4) is 17.6 Å². The molecule has 1 aromatic rings. The summed E-state index contributed by atoms with van der Waals surface area (Å²) < 4.78 is 9.84. The van der Waals surface area contributed by atoms with Crippen LogP contribution in [-0.2, 0) is 38.3 Å². The van der Waals surface area contributed by atoms with Crippen LogP contribution in [0.4, 0.5) is 0 Å². The lowest BCUT2D eigenvalue weighted by atomic mass is 9.84. The van der Waals surface area contributed by atoms with E-state index in [2.05, 4.69) is 25.7 Å². The van der Waals surface area contributed by atoms with Gasteiger partial charge >= 0.3 is 11.9 Å². The number of methoxy groups -OCH3 is 2. The molecular formula is C23H30O5. The molecule has 0 aromatic heterocycles. The summed E-state index contributed by atoms with van der Waals surface area (Å²) in [5, 5.41) is 10.6. The van der Waals surface area contributed by atoms with Crippen LogP contribution in [0, 0.1) is 17.3 Å². The van der Waals surface area contributed by atoms with Gasteiger partial charge in [0.25, 0.3) is 0 Å². The van der Waals surface area contributed by atoms with E-state index in [1.54, 1.807) is 6.07 Å². The molecule has 0 amide bonds. The molecule has 5 nitrogen and oxygen atoms in total. The average Bonchev–Trinajstić information content (AvgIpc) is 3.12. The summed E-state index contributed by atoms with van der Waals surface area (Å²) >= 11 is 0. The molecule has 2 rings (SSSR count). The van der Waals surface area contributed by atoms with Crippen molar-refractivity contribution < 1.29 is 24.2 Å². The number of phenolic OH excluding ortho intramolecular Hbond substituents is 1. The highest BCUT2D eigenvalue weighted by Gasteiger charge is 2.54. The number of esters is 2. The maximum atomic E-state index is 12.5. The van der Waals surface area contributed by atoms with Gasteiger partial charge in [-0.1, -0.05) is 38.5 Å². The molecule has 0 unspecified atom stereocenters. The van der Waals surface area contributed by atoms with Crippen molar-refractivity contribution in [3.63, 3.8) is 0 Å². The molecule has 0 fully saturated rings. The Balaban J connectivity index is 2.58. The summed E-state index contributed by atoms with van der Waals surface area (Å²) in [6.07, 6.45) is 5.86. The number of ether oxygens (including phenoxy) is 2. The number of carbonyl (C=O) groups is 2. The maximum Gasteiger partial charge on any atom is 0.323 e. The summed E-state index contributed by atoms with van der Waals surface area (Å²) in [7, 11) is 2.52. The van der Waals surface area contributed by atoms with Crippen LogP contribution in [0.3, 0.4) is 0 Å². The van der Waals surface area contributed by atoms with Crippen LogP contribution >= 0.6 is 0 Å². The van der Waals surface area contributed by atoms with E-state index in [0.29, 0.717) is 5.56 Å². The van der Waals surface area contributed by atoms with Gasteiger partial charge in [-0.15, -0.1) is 0 Å². The predicted octanol–water partition coefficient (Wildman–Crippen LogP) is 3.71. The Bertz CT molecular complexity index is 781. The Hall–Kier alpha value is -2.48. The van der Waals surface area contributed by atoms with Gasteiger partial charge in [0.1, 0.15) is 5.75 Å². The van der Waals surface area contributed by atoms with Crippen molar-refractivity contribution in [2.24, 2.45) is 5.41 Å². The number of fused-ring (bicyclic) bond motifs is 1. The molecule has 152 valence electrons. The lowest BCUT2D eigenvalue weighted by molar-refractivity contribution is -0.168. The van der Waals surface area contributed by atoms with E-state index in [-0.39, 0.29) is 18.6 Å². The van der Waals surface area contributed by atoms with Crippen molar-refractivity contribution in [3.05, 3.63) is 28.3 Å². The van der Waals surface area contributed by atoms with Crippen molar-refractivity contribution in [2.75, 3.05) is 14.2 Å². The summed E-state index contributed by atoms with van der Waals surface area (Å²) in [5.41, 5.74) is 1.70. The minimum absolute atomic E-state index is 0.0607. The number of carbonyl (C=O) groups excluding carboxylic acids is 2. The highest BCUT2D eigenvalue weighted by molar-refractivity contribution is 6.02. The van der Waals surface area contributed by atoms with E-state index in [4.69, 9.17) is 9.47 Å². The van der Waals surface area contributed by atoms with Gasteiger partial charge in [-0.25, -0.2) is 0 Å². The Morgan fingerprint density at radius 2 is 1.68 bits per heavy atom. The molecule has 0 saturated carbocycles. The van der Waals surface area contributed by atoms with Crippen LogP contribution in [-0.4, -0.2) is 31.3 Å². The fourth-order valence-electron chi connectivity index (χ4n) is 3.78. The summed E-state index contributed by atoms with van der Waals surface area (Å²) in [6.45, 7) is 4.23. The van der Waals surface area contributed by atoms with Crippen LogP contribution in [0.2, 0.25) is 0 Å². The fraction of sp³-hybridized carbons (Fsp3) is 0.565. The number of benzene rings is 1. The zero-order valence-electron chi connectivity index (χ0n) is 17.3. The molecule has 0 bridgehead atoms. The third kappa shape index (κ3) is 4.16. The van der Waals surface area contributed by atoms with Crippen LogP contribution in [0.1, 0.15) is 68.2 Å². The topological polar surface area (TPSA) is 72.8 Å². The molecule has 5 heteroatoms. The molecule has 0 saturated heterocycles. The Labute approximate surface area is 167 Å². The zero-order chi connectivity index (χ0) is 20.7. The van der Waals surface area contributed by atoms with Gasteiger partial charge in [-0.3, -0.25) is 9.59 Å². The van der Waals surface area contributed by atoms with E-state index in [9.17, 15) is 14.7 Å². The second-order valence-corrected chi connectivity index (χ2v) is 7.31. The van der Waals surface area contributed by atoms with Gasteiger partial charge in [0.05, 0.1) is 14.2 Å². The minimum Gasteiger partial charge on any atom is -0.508 e. The molecule has 28 heavy (non-hydrogen) atoms. The lowest BCUT2D eigenvalue weighted by Gasteiger charge is -2.22. The number of rotatable bonds is 7. The van der Waals surface area contributed by atoms with Crippen molar-refractivity contribution in [2.45, 2.75) is 65.2 Å². The lowest BCUT2D eigenvalue weighted by Crippen LogP contribution is -2.42. The monoisotopic (exact) mass is 386 g/mol. The quantitative estimate of drug-likeness (QED) is 0.335. The molecule has 1 aliphatic carbocycles. The van der Waals surface area contributed by atoms with Crippen LogP contribution < -0.4 is 0 Å². The summed E-state index contributed by atoms with van der Waals surface area (Å²) in [6, 6.07) is 1.74. The largest absolute Gasteiger partial charge is 0.508 e. The van der Waals surface area contributed by atoms with E-state index in [1.165, 1.54) is 14.2 Å². The van der Waals surface area contributed by atoms with Crippen LogP contribution in [0.15, 0.2) is 6.07 Å². The fourth-order valence-corrected chi connectivity index (χ4v) is 3.78. The van der Waals surface area contributed by atoms with Gasteiger partial charge in [0.15, 0.2) is 5.41 Å². The van der Waals surface area contributed by atoms with E-state index in [1.807, 2.05) is 0 Å². The second kappa shape index (κ2) is 9.64. The van der Waals surface area contributed by atoms with Crippen LogP contribution in [0.5, 0.6) is 5.75 Å². The molecule has 1 aliphatic rings. The van der Waals surface area contributed by atoms with Crippen molar-refractivity contribution in [1.82, 2.24) is 0 Å². The Kier molecular flexibility index (Phi) is 7.51. The smallest absolute Gasteiger partial charge is 0.323 e. The minimum atomic E-state index is -1.47.